The number of rotatable bonds is 2. The Balaban J connectivity index is 1.78. The lowest BCUT2D eigenvalue weighted by Crippen LogP contribution is -2.24. The van der Waals surface area contributed by atoms with Crippen molar-refractivity contribution in [2.45, 2.75) is 5.92 Å². The molecule has 8 heteroatoms. The Hall–Kier alpha value is -4.82. The van der Waals surface area contributed by atoms with Gasteiger partial charge >= 0.3 is 0 Å². The van der Waals surface area contributed by atoms with Gasteiger partial charge in [-0.1, -0.05) is 48.5 Å². The lowest BCUT2D eigenvalue weighted by atomic mass is 9.85. The van der Waals surface area contributed by atoms with Crippen LogP contribution in [0.25, 0.3) is 28.3 Å². The maximum Gasteiger partial charge on any atom is 0.298 e. The number of ether oxygens (including phenoxy) is 1. The van der Waals surface area contributed by atoms with Gasteiger partial charge in [-0.2, -0.15) is 15.2 Å². The van der Waals surface area contributed by atoms with E-state index in [2.05, 4.69) is 5.10 Å². The van der Waals surface area contributed by atoms with Gasteiger partial charge in [0.05, 0.1) is 5.92 Å². The summed E-state index contributed by atoms with van der Waals surface area (Å²) in [5.41, 5.74) is 0.573. The van der Waals surface area contributed by atoms with E-state index >= 15 is 0 Å². The first kappa shape index (κ1) is 18.2. The Bertz CT molecular complexity index is 1510. The third-order valence-electron chi connectivity index (χ3n) is 5.07. The minimum atomic E-state index is -0.914. The molecule has 1 unspecified atom stereocenters. The van der Waals surface area contributed by atoms with E-state index in [1.54, 1.807) is 54.6 Å². The molecule has 3 heterocycles. The second kappa shape index (κ2) is 6.90. The molecule has 0 radical (unpaired) electrons. The van der Waals surface area contributed by atoms with Crippen LogP contribution < -0.4 is 5.56 Å². The van der Waals surface area contributed by atoms with Crippen LogP contribution in [-0.2, 0) is 4.74 Å². The quantitative estimate of drug-likeness (QED) is 0.533. The van der Waals surface area contributed by atoms with E-state index in [1.165, 1.54) is 0 Å². The molecule has 0 fully saturated rings. The highest BCUT2D eigenvalue weighted by molar-refractivity contribution is 5.82. The van der Waals surface area contributed by atoms with Crippen LogP contribution in [0.15, 0.2) is 87.0 Å². The molecule has 3 aliphatic rings. The largest absolute Gasteiger partial charge is 0.480 e. The van der Waals surface area contributed by atoms with E-state index in [9.17, 15) is 20.4 Å². The summed E-state index contributed by atoms with van der Waals surface area (Å²) in [5, 5.41) is 34.8. The summed E-state index contributed by atoms with van der Waals surface area (Å²) >= 11 is 0. The summed E-state index contributed by atoms with van der Waals surface area (Å²) in [6.45, 7) is 0. The van der Waals surface area contributed by atoms with E-state index in [-0.39, 0.29) is 28.5 Å². The molecule has 148 valence electrons. The SMILES string of the molecule is N#CC1=C(O)OC(n2nc3oc4ccccc4cc-3c2=O)=C(C#N)C1c1ccccc1. The number of allylic oxidation sites excluding steroid dienone is 2. The lowest BCUT2D eigenvalue weighted by Gasteiger charge is -2.24. The van der Waals surface area contributed by atoms with Crippen molar-refractivity contribution in [3.05, 3.63) is 93.7 Å². The van der Waals surface area contributed by atoms with Gasteiger partial charge in [-0.15, -0.1) is 5.10 Å². The van der Waals surface area contributed by atoms with Crippen molar-refractivity contribution >= 4 is 16.9 Å². The number of aliphatic hydroxyl groups excluding tert-OH is 1. The summed E-state index contributed by atoms with van der Waals surface area (Å²) in [7, 11) is 0. The molecule has 3 aliphatic heterocycles. The zero-order valence-corrected chi connectivity index (χ0v) is 15.8. The molecule has 31 heavy (non-hydrogen) atoms. The monoisotopic (exact) mass is 408 g/mol. The van der Waals surface area contributed by atoms with Crippen LogP contribution in [0.2, 0.25) is 0 Å². The Morgan fingerprint density at radius 1 is 1.00 bits per heavy atom. The van der Waals surface area contributed by atoms with Gasteiger partial charge in [0.2, 0.25) is 11.8 Å². The maximum atomic E-state index is 13.1. The topological polar surface area (TPSA) is 125 Å². The molecule has 2 aromatic rings. The number of aliphatic hydroxyl groups is 1. The smallest absolute Gasteiger partial charge is 0.298 e. The Morgan fingerprint density at radius 3 is 2.45 bits per heavy atom. The van der Waals surface area contributed by atoms with Crippen molar-refractivity contribution in [2.24, 2.45) is 0 Å². The Labute approximate surface area is 175 Å². The van der Waals surface area contributed by atoms with Gasteiger partial charge in [-0.3, -0.25) is 4.79 Å². The average Bonchev–Trinajstić information content (AvgIpc) is 3.12. The molecule has 5 rings (SSSR count). The zero-order chi connectivity index (χ0) is 21.5. The number of nitriles is 2. The second-order valence-corrected chi connectivity index (χ2v) is 6.83. The molecule has 0 amide bonds. The fourth-order valence-electron chi connectivity index (χ4n) is 3.64. The van der Waals surface area contributed by atoms with Crippen LogP contribution in [0.5, 0.6) is 0 Å². The first-order valence-corrected chi connectivity index (χ1v) is 9.24. The van der Waals surface area contributed by atoms with Gasteiger partial charge in [0.1, 0.15) is 34.4 Å². The summed E-state index contributed by atoms with van der Waals surface area (Å²) in [6.07, 6.45) is 0. The van der Waals surface area contributed by atoms with Crippen molar-refractivity contribution in [3.8, 4) is 23.6 Å². The number of fused-ring (bicyclic) bond motifs is 2. The number of hydrogen-bond acceptors (Lipinski definition) is 7. The second-order valence-electron chi connectivity index (χ2n) is 6.83. The fraction of sp³-hybridized carbons (Fsp3) is 0.0435. The van der Waals surface area contributed by atoms with E-state index in [4.69, 9.17) is 9.15 Å². The van der Waals surface area contributed by atoms with Crippen LogP contribution >= 0.6 is 0 Å². The molecular weight excluding hydrogens is 396 g/mol. The fourth-order valence-corrected chi connectivity index (χ4v) is 3.64. The summed E-state index contributed by atoms with van der Waals surface area (Å²) in [6, 6.07) is 21.4. The molecule has 0 aliphatic carbocycles. The Kier molecular flexibility index (Phi) is 4.06. The molecule has 8 nitrogen and oxygen atoms in total. The summed E-state index contributed by atoms with van der Waals surface area (Å²) in [5.74, 6) is -1.81. The molecule has 0 spiro atoms. The molecule has 0 bridgehead atoms. The van der Waals surface area contributed by atoms with Crippen molar-refractivity contribution in [1.82, 2.24) is 9.78 Å². The van der Waals surface area contributed by atoms with Crippen LogP contribution in [-0.4, -0.2) is 14.9 Å². The highest BCUT2D eigenvalue weighted by atomic mass is 16.6. The van der Waals surface area contributed by atoms with Crippen LogP contribution in [0, 0.1) is 22.7 Å². The first-order chi connectivity index (χ1) is 15.1. The molecule has 0 aromatic heterocycles. The van der Waals surface area contributed by atoms with Gasteiger partial charge in [0.15, 0.2) is 0 Å². The third-order valence-corrected chi connectivity index (χ3v) is 5.07. The molecule has 2 aromatic carbocycles. The standard InChI is InChI=1S/C23H12N4O4/c24-11-16-19(13-6-2-1-3-7-13)17(12-25)23(29)31-22(16)27-21(28)15-10-14-8-4-5-9-18(14)30-20(15)26-27/h1-10,19,29H. The highest BCUT2D eigenvalue weighted by Gasteiger charge is 2.37. The summed E-state index contributed by atoms with van der Waals surface area (Å²) in [4.78, 5) is 13.1. The van der Waals surface area contributed by atoms with Gasteiger partial charge in [-0.25, -0.2) is 0 Å². The maximum absolute atomic E-state index is 13.1. The molecule has 0 saturated heterocycles. The Morgan fingerprint density at radius 2 is 1.71 bits per heavy atom. The molecule has 1 N–H and O–H groups in total. The van der Waals surface area contributed by atoms with Crippen molar-refractivity contribution in [2.75, 3.05) is 0 Å². The predicted molar refractivity (Wildman–Crippen MR) is 109 cm³/mol. The predicted octanol–water partition coefficient (Wildman–Crippen LogP) is 3.89. The normalized spacial score (nSPS) is 16.3. The lowest BCUT2D eigenvalue weighted by molar-refractivity contribution is 0.159. The number of nitrogens with zero attached hydrogens (tertiary/aromatic N) is 4. The number of hydrogen-bond donors (Lipinski definition) is 1. The van der Waals surface area contributed by atoms with Crippen LogP contribution in [0.4, 0.5) is 0 Å². The molecule has 0 saturated carbocycles. The number of aromatic nitrogens is 2. The van der Waals surface area contributed by atoms with Crippen LogP contribution in [0.1, 0.15) is 11.5 Å². The molecule has 1 atom stereocenters. The van der Waals surface area contributed by atoms with Crippen LogP contribution in [0.3, 0.4) is 0 Å². The van der Waals surface area contributed by atoms with Gasteiger partial charge in [0, 0.05) is 5.39 Å². The summed E-state index contributed by atoms with van der Waals surface area (Å²) < 4.78 is 12.0. The van der Waals surface area contributed by atoms with Gasteiger partial charge in [0.25, 0.3) is 11.5 Å². The average molecular weight is 408 g/mol. The number of benzene rings is 2. The minimum absolute atomic E-state index is 0.0324. The third kappa shape index (κ3) is 2.75. The minimum Gasteiger partial charge on any atom is -0.480 e. The van der Waals surface area contributed by atoms with E-state index in [0.717, 1.165) is 4.68 Å². The van der Waals surface area contributed by atoms with Crippen molar-refractivity contribution < 1.29 is 14.3 Å². The van der Waals surface area contributed by atoms with Gasteiger partial charge < -0.3 is 14.3 Å². The molecular formula is C23H12N4O4. The zero-order valence-electron chi connectivity index (χ0n) is 15.8. The number of para-hydroxylation sites is 1. The van der Waals surface area contributed by atoms with Gasteiger partial charge in [-0.05, 0) is 17.7 Å². The van der Waals surface area contributed by atoms with E-state index in [1.807, 2.05) is 18.2 Å². The van der Waals surface area contributed by atoms with E-state index in [0.29, 0.717) is 16.5 Å². The highest BCUT2D eigenvalue weighted by Crippen LogP contribution is 2.40. The van der Waals surface area contributed by atoms with Crippen molar-refractivity contribution in [1.29, 1.82) is 10.5 Å². The van der Waals surface area contributed by atoms with E-state index < -0.39 is 17.4 Å². The first-order valence-electron chi connectivity index (χ1n) is 9.24. The van der Waals surface area contributed by atoms with Crippen molar-refractivity contribution in [3.63, 3.8) is 0 Å².